The molecule has 0 aromatic heterocycles. The summed E-state index contributed by atoms with van der Waals surface area (Å²) in [4.78, 5) is 17.6. The Morgan fingerprint density at radius 1 is 1.30 bits per heavy atom. The smallest absolute Gasteiger partial charge is 0.262 e. The molecule has 0 unspecified atom stereocenters. The van der Waals surface area contributed by atoms with E-state index < -0.39 is 10.0 Å². The fourth-order valence-electron chi connectivity index (χ4n) is 1.24. The van der Waals surface area contributed by atoms with E-state index >= 15 is 0 Å². The maximum Gasteiger partial charge on any atom is 0.262 e. The number of benzene rings is 1. The highest BCUT2D eigenvalue weighted by atomic mass is 35.5. The van der Waals surface area contributed by atoms with Gasteiger partial charge in [-0.05, 0) is 37.3 Å². The zero-order valence-electron chi connectivity index (χ0n) is 11.0. The monoisotopic (exact) mass is 318 g/mol. The number of amides is 1. The van der Waals surface area contributed by atoms with Crippen LogP contribution in [0.3, 0.4) is 0 Å². The molecule has 0 radical (unpaired) electrons. The summed E-state index contributed by atoms with van der Waals surface area (Å²) >= 11 is 5.57. The summed E-state index contributed by atoms with van der Waals surface area (Å²) < 4.78 is 23.7. The largest absolute Gasteiger partial charge is 0.326 e. The van der Waals surface area contributed by atoms with Gasteiger partial charge >= 0.3 is 0 Å². The molecule has 0 saturated carbocycles. The van der Waals surface area contributed by atoms with Crippen LogP contribution in [0.1, 0.15) is 13.8 Å². The Bertz CT molecular complexity index is 592. The van der Waals surface area contributed by atoms with Gasteiger partial charge in [-0.25, -0.2) is 8.42 Å². The van der Waals surface area contributed by atoms with Gasteiger partial charge in [0.1, 0.15) is 0 Å². The standard InChI is InChI=1S/C12H15ClN2O4S/c1-9(13)7-8-19-15-20(17,18)12-5-3-11(4-6-12)14-10(2)16/h3-7,15H,8H2,1-2H3,(H,14,16). The summed E-state index contributed by atoms with van der Waals surface area (Å²) in [7, 11) is -3.76. The number of rotatable bonds is 6. The minimum Gasteiger partial charge on any atom is -0.326 e. The average molecular weight is 319 g/mol. The predicted molar refractivity (Wildman–Crippen MR) is 76.6 cm³/mol. The highest BCUT2D eigenvalue weighted by Crippen LogP contribution is 2.13. The number of sulfonamides is 1. The van der Waals surface area contributed by atoms with E-state index in [0.717, 1.165) is 0 Å². The number of nitrogens with one attached hydrogen (secondary N) is 2. The van der Waals surface area contributed by atoms with Crippen LogP contribution in [-0.4, -0.2) is 20.9 Å². The van der Waals surface area contributed by atoms with Crippen molar-refractivity contribution >= 4 is 33.2 Å². The SMILES string of the molecule is CC(=O)Nc1ccc(S(=O)(=O)NOCC=C(C)Cl)cc1. The van der Waals surface area contributed by atoms with Crippen LogP contribution in [0, 0.1) is 0 Å². The van der Waals surface area contributed by atoms with Crippen molar-refractivity contribution in [2.75, 3.05) is 11.9 Å². The molecule has 0 bridgehead atoms. The fourth-order valence-corrected chi connectivity index (χ4v) is 2.11. The predicted octanol–water partition coefficient (Wildman–Crippen LogP) is 2.00. The van der Waals surface area contributed by atoms with Gasteiger partial charge in [0.25, 0.3) is 10.0 Å². The third-order valence-corrected chi connectivity index (χ3v) is 3.49. The molecule has 0 atom stereocenters. The highest BCUT2D eigenvalue weighted by molar-refractivity contribution is 7.89. The minimum absolute atomic E-state index is 0.0261. The number of hydrogen-bond donors (Lipinski definition) is 2. The van der Waals surface area contributed by atoms with E-state index in [0.29, 0.717) is 10.7 Å². The van der Waals surface area contributed by atoms with Crippen molar-refractivity contribution in [3.05, 3.63) is 35.4 Å². The van der Waals surface area contributed by atoms with Crippen LogP contribution >= 0.6 is 11.6 Å². The second kappa shape index (κ2) is 7.39. The van der Waals surface area contributed by atoms with Crippen LogP contribution in [0.2, 0.25) is 0 Å². The average Bonchev–Trinajstić information content (AvgIpc) is 2.34. The fraction of sp³-hybridized carbons (Fsp3) is 0.250. The van der Waals surface area contributed by atoms with E-state index in [2.05, 4.69) is 5.32 Å². The summed E-state index contributed by atoms with van der Waals surface area (Å²) in [5, 5.41) is 3.04. The van der Waals surface area contributed by atoms with Crippen molar-refractivity contribution in [3.8, 4) is 0 Å². The molecule has 8 heteroatoms. The number of allylic oxidation sites excluding steroid dienone is 1. The van der Waals surface area contributed by atoms with Gasteiger partial charge < -0.3 is 5.32 Å². The van der Waals surface area contributed by atoms with Gasteiger partial charge in [-0.3, -0.25) is 9.63 Å². The molecular formula is C12H15ClN2O4S. The molecule has 1 rings (SSSR count). The maximum atomic E-state index is 11.8. The molecule has 0 aliphatic carbocycles. The van der Waals surface area contributed by atoms with Gasteiger partial charge in [0.05, 0.1) is 11.5 Å². The van der Waals surface area contributed by atoms with E-state index in [1.807, 2.05) is 4.89 Å². The third-order valence-electron chi connectivity index (χ3n) is 2.10. The molecule has 110 valence electrons. The molecule has 1 aromatic carbocycles. The number of carbonyl (C=O) groups is 1. The van der Waals surface area contributed by atoms with E-state index in [1.54, 1.807) is 6.92 Å². The first-order chi connectivity index (χ1) is 9.31. The van der Waals surface area contributed by atoms with Crippen molar-refractivity contribution in [3.63, 3.8) is 0 Å². The number of carbonyl (C=O) groups excluding carboxylic acids is 1. The lowest BCUT2D eigenvalue weighted by Gasteiger charge is -2.07. The molecule has 1 aromatic rings. The van der Waals surface area contributed by atoms with Gasteiger partial charge in [-0.2, -0.15) is 0 Å². The summed E-state index contributed by atoms with van der Waals surface area (Å²) in [6.45, 7) is 3.05. The second-order valence-electron chi connectivity index (χ2n) is 3.89. The Balaban J connectivity index is 2.68. The molecule has 6 nitrogen and oxygen atoms in total. The van der Waals surface area contributed by atoms with Crippen LogP contribution in [0.15, 0.2) is 40.3 Å². The molecule has 0 heterocycles. The van der Waals surface area contributed by atoms with Crippen LogP contribution in [0.4, 0.5) is 5.69 Å². The van der Waals surface area contributed by atoms with Crippen LogP contribution < -0.4 is 10.2 Å². The van der Waals surface area contributed by atoms with E-state index in [9.17, 15) is 13.2 Å². The van der Waals surface area contributed by atoms with Gasteiger partial charge in [0.15, 0.2) is 0 Å². The normalized spacial score (nSPS) is 12.2. The lowest BCUT2D eigenvalue weighted by molar-refractivity contribution is -0.114. The molecule has 0 fully saturated rings. The van der Waals surface area contributed by atoms with Crippen molar-refractivity contribution in [2.24, 2.45) is 0 Å². The zero-order valence-corrected chi connectivity index (χ0v) is 12.6. The summed E-state index contributed by atoms with van der Waals surface area (Å²) in [5.74, 6) is -0.231. The Labute approximate surface area is 122 Å². The van der Waals surface area contributed by atoms with Gasteiger partial charge in [-0.1, -0.05) is 16.5 Å². The Hall–Kier alpha value is -1.41. The zero-order chi connectivity index (χ0) is 15.2. The van der Waals surface area contributed by atoms with Gasteiger partial charge in [-0.15, -0.1) is 0 Å². The first kappa shape index (κ1) is 16.6. The quantitative estimate of drug-likeness (QED) is 0.620. The number of hydrogen-bond acceptors (Lipinski definition) is 4. The highest BCUT2D eigenvalue weighted by Gasteiger charge is 2.13. The van der Waals surface area contributed by atoms with Crippen molar-refractivity contribution < 1.29 is 18.0 Å². The Morgan fingerprint density at radius 3 is 2.40 bits per heavy atom. The molecule has 1 amide bonds. The van der Waals surface area contributed by atoms with E-state index in [-0.39, 0.29) is 17.4 Å². The van der Waals surface area contributed by atoms with Crippen molar-refractivity contribution in [2.45, 2.75) is 18.7 Å². The number of anilines is 1. The molecule has 2 N–H and O–H groups in total. The third kappa shape index (κ3) is 5.70. The summed E-state index contributed by atoms with van der Waals surface area (Å²) in [6, 6.07) is 5.69. The molecule has 0 aliphatic rings. The lowest BCUT2D eigenvalue weighted by atomic mass is 10.3. The molecule has 20 heavy (non-hydrogen) atoms. The number of halogens is 1. The first-order valence-electron chi connectivity index (χ1n) is 5.65. The maximum absolute atomic E-state index is 11.8. The topological polar surface area (TPSA) is 84.5 Å². The van der Waals surface area contributed by atoms with Gasteiger partial charge in [0, 0.05) is 17.6 Å². The molecule has 0 aliphatic heterocycles. The van der Waals surface area contributed by atoms with Crippen LogP contribution in [-0.2, 0) is 19.7 Å². The molecular weight excluding hydrogens is 304 g/mol. The lowest BCUT2D eigenvalue weighted by Crippen LogP contribution is -2.24. The van der Waals surface area contributed by atoms with Crippen LogP contribution in [0.25, 0.3) is 0 Å². The van der Waals surface area contributed by atoms with Gasteiger partial charge in [0.2, 0.25) is 5.91 Å². The minimum atomic E-state index is -3.76. The first-order valence-corrected chi connectivity index (χ1v) is 7.51. The molecule has 0 saturated heterocycles. The summed E-state index contributed by atoms with van der Waals surface area (Å²) in [6.07, 6.45) is 1.52. The second-order valence-corrected chi connectivity index (χ2v) is 6.14. The van der Waals surface area contributed by atoms with Crippen molar-refractivity contribution in [1.82, 2.24) is 4.89 Å². The van der Waals surface area contributed by atoms with Crippen molar-refractivity contribution in [1.29, 1.82) is 0 Å². The Morgan fingerprint density at radius 2 is 1.90 bits per heavy atom. The van der Waals surface area contributed by atoms with E-state index in [4.69, 9.17) is 16.4 Å². The van der Waals surface area contributed by atoms with E-state index in [1.165, 1.54) is 37.3 Å². The Kier molecular flexibility index (Phi) is 6.15. The molecule has 0 spiro atoms. The summed E-state index contributed by atoms with van der Waals surface area (Å²) in [5.41, 5.74) is 0.512. The van der Waals surface area contributed by atoms with Crippen LogP contribution in [0.5, 0.6) is 0 Å².